The third-order valence-corrected chi connectivity index (χ3v) is 4.44. The topological polar surface area (TPSA) is 95.9 Å². The summed E-state index contributed by atoms with van der Waals surface area (Å²) in [6.45, 7) is 2.67. The van der Waals surface area contributed by atoms with Crippen molar-refractivity contribution in [2.75, 3.05) is 19.7 Å². The van der Waals surface area contributed by atoms with E-state index in [-0.39, 0.29) is 24.3 Å². The number of para-hydroxylation sites is 1. The summed E-state index contributed by atoms with van der Waals surface area (Å²) in [5.74, 6) is -1.26. The first kappa shape index (κ1) is 19.8. The quantitative estimate of drug-likeness (QED) is 0.733. The summed E-state index contributed by atoms with van der Waals surface area (Å²) >= 11 is 0. The highest BCUT2D eigenvalue weighted by atomic mass is 16.5. The molecular formula is C19H26N2O5. The highest BCUT2D eigenvalue weighted by Gasteiger charge is 2.30. The van der Waals surface area contributed by atoms with Gasteiger partial charge in [0.2, 0.25) is 5.91 Å². The van der Waals surface area contributed by atoms with E-state index in [1.54, 1.807) is 17.0 Å². The van der Waals surface area contributed by atoms with Gasteiger partial charge in [0.25, 0.3) is 5.91 Å². The zero-order chi connectivity index (χ0) is 18.9. The SMILES string of the molecule is CCCC(NC(=O)C1CCCN(C(=O)COc2ccccc2)C1)C(=O)O. The van der Waals surface area contributed by atoms with E-state index >= 15 is 0 Å². The summed E-state index contributed by atoms with van der Waals surface area (Å²) < 4.78 is 5.48. The second-order valence-corrected chi connectivity index (χ2v) is 6.47. The lowest BCUT2D eigenvalue weighted by Gasteiger charge is -2.32. The lowest BCUT2D eigenvalue weighted by atomic mass is 9.96. The fraction of sp³-hybridized carbons (Fsp3) is 0.526. The second-order valence-electron chi connectivity index (χ2n) is 6.47. The molecule has 0 aromatic heterocycles. The van der Waals surface area contributed by atoms with Crippen molar-refractivity contribution >= 4 is 17.8 Å². The van der Waals surface area contributed by atoms with Crippen LogP contribution in [0.5, 0.6) is 5.75 Å². The molecule has 7 nitrogen and oxygen atoms in total. The summed E-state index contributed by atoms with van der Waals surface area (Å²) in [7, 11) is 0. The number of carbonyl (C=O) groups excluding carboxylic acids is 2. The van der Waals surface area contributed by atoms with Crippen LogP contribution in [0.3, 0.4) is 0 Å². The molecule has 1 fully saturated rings. The molecule has 0 saturated carbocycles. The number of hydrogen-bond acceptors (Lipinski definition) is 4. The van der Waals surface area contributed by atoms with E-state index in [9.17, 15) is 19.5 Å². The molecule has 1 aromatic rings. The van der Waals surface area contributed by atoms with Crippen LogP contribution in [0, 0.1) is 5.92 Å². The van der Waals surface area contributed by atoms with E-state index in [0.717, 1.165) is 0 Å². The van der Waals surface area contributed by atoms with E-state index in [2.05, 4.69) is 5.32 Å². The van der Waals surface area contributed by atoms with Crippen molar-refractivity contribution in [2.24, 2.45) is 5.92 Å². The predicted molar refractivity (Wildman–Crippen MR) is 95.7 cm³/mol. The molecule has 1 aromatic carbocycles. The van der Waals surface area contributed by atoms with Gasteiger partial charge in [-0.15, -0.1) is 0 Å². The number of ether oxygens (including phenoxy) is 1. The van der Waals surface area contributed by atoms with E-state index in [0.29, 0.717) is 44.5 Å². The van der Waals surface area contributed by atoms with Crippen LogP contribution in [0.2, 0.25) is 0 Å². The highest BCUT2D eigenvalue weighted by molar-refractivity contribution is 5.86. The second kappa shape index (κ2) is 9.79. The minimum absolute atomic E-state index is 0.0774. The molecule has 1 saturated heterocycles. The van der Waals surface area contributed by atoms with Crippen molar-refractivity contribution in [3.8, 4) is 5.75 Å². The first-order valence-electron chi connectivity index (χ1n) is 9.00. The molecule has 1 aliphatic rings. The van der Waals surface area contributed by atoms with E-state index in [4.69, 9.17) is 4.74 Å². The van der Waals surface area contributed by atoms with Crippen LogP contribution in [-0.4, -0.2) is 53.5 Å². The predicted octanol–water partition coefficient (Wildman–Crippen LogP) is 1.67. The molecular weight excluding hydrogens is 336 g/mol. The molecule has 2 unspecified atom stereocenters. The number of likely N-dealkylation sites (tertiary alicyclic amines) is 1. The van der Waals surface area contributed by atoms with Crippen LogP contribution in [0.15, 0.2) is 30.3 Å². The van der Waals surface area contributed by atoms with Crippen LogP contribution < -0.4 is 10.1 Å². The van der Waals surface area contributed by atoms with Crippen molar-refractivity contribution in [3.05, 3.63) is 30.3 Å². The number of carbonyl (C=O) groups is 3. The Hall–Kier alpha value is -2.57. The molecule has 2 atom stereocenters. The lowest BCUT2D eigenvalue weighted by molar-refractivity contribution is -0.144. The Balaban J connectivity index is 1.86. The zero-order valence-corrected chi connectivity index (χ0v) is 15.0. The molecule has 2 amide bonds. The van der Waals surface area contributed by atoms with Crippen molar-refractivity contribution in [3.63, 3.8) is 0 Å². The van der Waals surface area contributed by atoms with Gasteiger partial charge in [0.15, 0.2) is 6.61 Å². The smallest absolute Gasteiger partial charge is 0.326 e. The third kappa shape index (κ3) is 5.75. The average molecular weight is 362 g/mol. The van der Waals surface area contributed by atoms with Crippen molar-refractivity contribution in [1.29, 1.82) is 0 Å². The van der Waals surface area contributed by atoms with Gasteiger partial charge >= 0.3 is 5.97 Å². The Morgan fingerprint density at radius 1 is 1.31 bits per heavy atom. The first-order valence-corrected chi connectivity index (χ1v) is 9.00. The Kier molecular flexibility index (Phi) is 7.44. The Morgan fingerprint density at radius 2 is 2.04 bits per heavy atom. The summed E-state index contributed by atoms with van der Waals surface area (Å²) in [4.78, 5) is 37.6. The van der Waals surface area contributed by atoms with Gasteiger partial charge in [0.05, 0.1) is 5.92 Å². The minimum atomic E-state index is -1.03. The number of nitrogens with one attached hydrogen (secondary N) is 1. The number of carboxylic acid groups (broad SMARTS) is 1. The number of amides is 2. The number of nitrogens with zero attached hydrogens (tertiary/aromatic N) is 1. The van der Waals surface area contributed by atoms with E-state index < -0.39 is 12.0 Å². The van der Waals surface area contributed by atoms with Crippen LogP contribution >= 0.6 is 0 Å². The molecule has 2 N–H and O–H groups in total. The van der Waals surface area contributed by atoms with Gasteiger partial charge in [-0.05, 0) is 31.4 Å². The molecule has 1 heterocycles. The number of piperidine rings is 1. The van der Waals surface area contributed by atoms with Crippen LogP contribution in [0.1, 0.15) is 32.6 Å². The molecule has 26 heavy (non-hydrogen) atoms. The minimum Gasteiger partial charge on any atom is -0.484 e. The lowest BCUT2D eigenvalue weighted by Crippen LogP contribution is -2.50. The number of benzene rings is 1. The molecule has 0 aliphatic carbocycles. The molecule has 0 bridgehead atoms. The largest absolute Gasteiger partial charge is 0.484 e. The van der Waals surface area contributed by atoms with Crippen LogP contribution in [0.4, 0.5) is 0 Å². The summed E-state index contributed by atoms with van der Waals surface area (Å²) in [6, 6.07) is 8.21. The van der Waals surface area contributed by atoms with E-state index in [1.807, 2.05) is 25.1 Å². The van der Waals surface area contributed by atoms with Crippen LogP contribution in [0.25, 0.3) is 0 Å². The molecule has 7 heteroatoms. The standard InChI is InChI=1S/C19H26N2O5/c1-2-7-16(19(24)25)20-18(23)14-8-6-11-21(12-14)17(22)13-26-15-9-4-3-5-10-15/h3-5,9-10,14,16H,2,6-8,11-13H2,1H3,(H,20,23)(H,24,25). The van der Waals surface area contributed by atoms with Gasteiger partial charge in [-0.2, -0.15) is 0 Å². The molecule has 2 rings (SSSR count). The van der Waals surface area contributed by atoms with Crippen molar-refractivity contribution < 1.29 is 24.2 Å². The van der Waals surface area contributed by atoms with Crippen LogP contribution in [-0.2, 0) is 14.4 Å². The number of aliphatic carboxylic acids is 1. The maximum atomic E-state index is 12.4. The maximum Gasteiger partial charge on any atom is 0.326 e. The van der Waals surface area contributed by atoms with Gasteiger partial charge in [-0.1, -0.05) is 31.5 Å². The van der Waals surface area contributed by atoms with Gasteiger partial charge < -0.3 is 20.1 Å². The number of carboxylic acids is 1. The van der Waals surface area contributed by atoms with Gasteiger partial charge in [0.1, 0.15) is 11.8 Å². The molecule has 0 radical (unpaired) electrons. The number of hydrogen-bond donors (Lipinski definition) is 2. The maximum absolute atomic E-state index is 12.4. The Labute approximate surface area is 153 Å². The van der Waals surface area contributed by atoms with Gasteiger partial charge in [-0.25, -0.2) is 4.79 Å². The zero-order valence-electron chi connectivity index (χ0n) is 15.0. The van der Waals surface area contributed by atoms with Gasteiger partial charge in [0, 0.05) is 13.1 Å². The van der Waals surface area contributed by atoms with Crippen molar-refractivity contribution in [1.82, 2.24) is 10.2 Å². The normalized spacial score (nSPS) is 18.0. The third-order valence-electron chi connectivity index (χ3n) is 4.44. The summed E-state index contributed by atoms with van der Waals surface area (Å²) in [6.07, 6.45) is 2.42. The highest BCUT2D eigenvalue weighted by Crippen LogP contribution is 2.18. The fourth-order valence-corrected chi connectivity index (χ4v) is 3.01. The monoisotopic (exact) mass is 362 g/mol. The molecule has 1 aliphatic heterocycles. The summed E-state index contributed by atoms with van der Waals surface area (Å²) in [5, 5.41) is 11.8. The fourth-order valence-electron chi connectivity index (χ4n) is 3.01. The Bertz CT molecular complexity index is 620. The Morgan fingerprint density at radius 3 is 2.69 bits per heavy atom. The van der Waals surface area contributed by atoms with E-state index in [1.165, 1.54) is 0 Å². The average Bonchev–Trinajstić information content (AvgIpc) is 2.66. The van der Waals surface area contributed by atoms with Gasteiger partial charge in [-0.3, -0.25) is 9.59 Å². The van der Waals surface area contributed by atoms with Crippen molar-refractivity contribution in [2.45, 2.75) is 38.6 Å². The molecule has 0 spiro atoms. The number of rotatable bonds is 8. The first-order chi connectivity index (χ1) is 12.5. The summed E-state index contributed by atoms with van der Waals surface area (Å²) in [5.41, 5.74) is 0. The molecule has 142 valence electrons.